The topological polar surface area (TPSA) is 30.8 Å². The zero-order valence-corrected chi connectivity index (χ0v) is 15.4. The van der Waals surface area contributed by atoms with E-state index in [1.165, 1.54) is 0 Å². The van der Waals surface area contributed by atoms with Crippen molar-refractivity contribution in [2.45, 2.75) is 32.2 Å². The Morgan fingerprint density at radius 1 is 1.07 bits per heavy atom. The van der Waals surface area contributed by atoms with Gasteiger partial charge in [0.25, 0.3) is 0 Å². The van der Waals surface area contributed by atoms with Gasteiger partial charge in [-0.15, -0.1) is 0 Å². The highest BCUT2D eigenvalue weighted by Crippen LogP contribution is 2.45. The predicted octanol–water partition coefficient (Wildman–Crippen LogP) is 5.79. The normalized spacial score (nSPS) is 24.5. The summed E-state index contributed by atoms with van der Waals surface area (Å²) in [6, 6.07) is 9.58. The Bertz CT molecular complexity index is 926. The summed E-state index contributed by atoms with van der Waals surface area (Å²) in [5, 5.41) is 4.72. The van der Waals surface area contributed by atoms with Crippen LogP contribution in [-0.2, 0) is 15.8 Å². The molecule has 27 heavy (non-hydrogen) atoms. The van der Waals surface area contributed by atoms with Crippen LogP contribution in [0, 0.1) is 19.8 Å². The fraction of sp³-hybridized carbons (Fsp3) is 0.350. The fourth-order valence-corrected chi connectivity index (χ4v) is 3.88. The van der Waals surface area contributed by atoms with E-state index in [9.17, 15) is 13.2 Å². The molecule has 1 fully saturated rings. The number of oxime groups is 1. The van der Waals surface area contributed by atoms with Crippen LogP contribution in [0.4, 0.5) is 13.2 Å². The Morgan fingerprint density at radius 2 is 1.85 bits per heavy atom. The van der Waals surface area contributed by atoms with Crippen LogP contribution in [-0.4, -0.2) is 12.3 Å². The van der Waals surface area contributed by atoms with Gasteiger partial charge in [0.15, 0.2) is 6.10 Å². The van der Waals surface area contributed by atoms with Crippen LogP contribution in [0.1, 0.15) is 40.0 Å². The molecule has 2 aliphatic rings. The molecule has 142 valence electrons. The minimum Gasteiger partial charge on any atom is -0.387 e. The molecule has 3 nitrogen and oxygen atoms in total. The average molecular weight is 396 g/mol. The van der Waals surface area contributed by atoms with Gasteiger partial charge in [-0.25, -0.2) is 0 Å². The Kier molecular flexibility index (Phi) is 4.43. The van der Waals surface area contributed by atoms with Crippen molar-refractivity contribution in [2.75, 3.05) is 6.61 Å². The Labute approximate surface area is 159 Å². The third-order valence-corrected chi connectivity index (χ3v) is 5.26. The van der Waals surface area contributed by atoms with Gasteiger partial charge in [-0.2, -0.15) is 13.2 Å². The molecule has 2 aromatic rings. The van der Waals surface area contributed by atoms with Crippen LogP contribution in [0.15, 0.2) is 41.6 Å². The first-order valence-electron chi connectivity index (χ1n) is 8.54. The van der Waals surface area contributed by atoms with Crippen LogP contribution in [0.25, 0.3) is 0 Å². The molecule has 0 aromatic heterocycles. The lowest BCUT2D eigenvalue weighted by Gasteiger charge is -2.17. The van der Waals surface area contributed by atoms with Gasteiger partial charge >= 0.3 is 6.18 Å². The highest BCUT2D eigenvalue weighted by atomic mass is 35.5. The lowest BCUT2D eigenvalue weighted by atomic mass is 9.89. The van der Waals surface area contributed by atoms with E-state index < -0.39 is 23.9 Å². The summed E-state index contributed by atoms with van der Waals surface area (Å²) in [6.45, 7) is 3.90. The van der Waals surface area contributed by atoms with Crippen molar-refractivity contribution in [1.82, 2.24) is 0 Å². The molecule has 2 aromatic carbocycles. The van der Waals surface area contributed by atoms with Crippen molar-refractivity contribution in [1.29, 1.82) is 0 Å². The number of aryl methyl sites for hydroxylation is 2. The molecule has 0 amide bonds. The minimum absolute atomic E-state index is 0.241. The number of hydrogen-bond acceptors (Lipinski definition) is 3. The summed E-state index contributed by atoms with van der Waals surface area (Å²) in [6.07, 6.45) is -5.46. The summed E-state index contributed by atoms with van der Waals surface area (Å²) in [5.74, 6) is -0.241. The van der Waals surface area contributed by atoms with Crippen LogP contribution in [0.3, 0.4) is 0 Å². The number of alkyl halides is 3. The van der Waals surface area contributed by atoms with Gasteiger partial charge in [0.2, 0.25) is 0 Å². The molecule has 3 unspecified atom stereocenters. The van der Waals surface area contributed by atoms with Crippen molar-refractivity contribution in [3.63, 3.8) is 0 Å². The van der Waals surface area contributed by atoms with Crippen molar-refractivity contribution in [3.8, 4) is 0 Å². The second kappa shape index (κ2) is 6.53. The maximum absolute atomic E-state index is 13.2. The van der Waals surface area contributed by atoms with Crippen molar-refractivity contribution >= 4 is 17.3 Å². The standard InChI is InChI=1S/C20H17ClF3NO2/c1-10-3-4-16(21)14(7-10)19-17-15(9-26-19)18(27-25-17)12-5-11(2)6-13(8-12)20(22,23)24/h3-8,15,18-19H,9H2,1-2H3. The zero-order chi connectivity index (χ0) is 19.3. The monoisotopic (exact) mass is 395 g/mol. The molecule has 2 aliphatic heterocycles. The number of fused-ring (bicyclic) bond motifs is 1. The quantitative estimate of drug-likeness (QED) is 0.644. The first-order valence-corrected chi connectivity index (χ1v) is 8.92. The lowest BCUT2D eigenvalue weighted by molar-refractivity contribution is -0.137. The lowest BCUT2D eigenvalue weighted by Crippen LogP contribution is -2.17. The third kappa shape index (κ3) is 3.32. The predicted molar refractivity (Wildman–Crippen MR) is 95.8 cm³/mol. The number of hydrogen-bond donors (Lipinski definition) is 0. The molecule has 7 heteroatoms. The van der Waals surface area contributed by atoms with Gasteiger partial charge in [-0.05, 0) is 37.6 Å². The van der Waals surface area contributed by atoms with Gasteiger partial charge in [-0.3, -0.25) is 0 Å². The highest BCUT2D eigenvalue weighted by molar-refractivity contribution is 6.31. The summed E-state index contributed by atoms with van der Waals surface area (Å²) < 4.78 is 45.4. The number of ether oxygens (including phenoxy) is 1. The molecule has 2 heterocycles. The third-order valence-electron chi connectivity index (χ3n) is 4.92. The molecule has 0 saturated carbocycles. The van der Waals surface area contributed by atoms with Crippen LogP contribution >= 0.6 is 11.6 Å². The van der Waals surface area contributed by atoms with Crippen molar-refractivity contribution in [2.24, 2.45) is 11.1 Å². The largest absolute Gasteiger partial charge is 0.416 e. The molecule has 0 bridgehead atoms. The number of benzene rings is 2. The second-order valence-electron chi connectivity index (χ2n) is 7.02. The van der Waals surface area contributed by atoms with E-state index in [1.54, 1.807) is 19.1 Å². The van der Waals surface area contributed by atoms with Crippen LogP contribution in [0.2, 0.25) is 5.02 Å². The Balaban J connectivity index is 1.65. The Hall–Kier alpha value is -2.05. The SMILES string of the molecule is Cc1cc(C2ON=C3C(c4cc(C)ccc4Cl)OCC32)cc(C(F)(F)F)c1. The summed E-state index contributed by atoms with van der Waals surface area (Å²) in [5.41, 5.74) is 2.78. The van der Waals surface area contributed by atoms with Crippen LogP contribution < -0.4 is 0 Å². The van der Waals surface area contributed by atoms with E-state index in [0.717, 1.165) is 23.3 Å². The van der Waals surface area contributed by atoms with E-state index in [-0.39, 0.29) is 5.92 Å². The Morgan fingerprint density at radius 3 is 2.59 bits per heavy atom. The molecule has 3 atom stereocenters. The van der Waals surface area contributed by atoms with Gasteiger partial charge in [0.1, 0.15) is 11.8 Å². The maximum Gasteiger partial charge on any atom is 0.416 e. The smallest absolute Gasteiger partial charge is 0.387 e. The zero-order valence-electron chi connectivity index (χ0n) is 14.7. The van der Waals surface area contributed by atoms with E-state index in [0.29, 0.717) is 28.5 Å². The first-order chi connectivity index (χ1) is 12.7. The summed E-state index contributed by atoms with van der Waals surface area (Å²) in [4.78, 5) is 5.55. The minimum atomic E-state index is -4.41. The summed E-state index contributed by atoms with van der Waals surface area (Å²) >= 11 is 6.31. The van der Waals surface area contributed by atoms with E-state index in [2.05, 4.69) is 5.16 Å². The second-order valence-corrected chi connectivity index (χ2v) is 7.42. The molecule has 4 rings (SSSR count). The summed E-state index contributed by atoms with van der Waals surface area (Å²) in [7, 11) is 0. The number of nitrogens with zero attached hydrogens (tertiary/aromatic N) is 1. The highest BCUT2D eigenvalue weighted by Gasteiger charge is 2.46. The van der Waals surface area contributed by atoms with E-state index >= 15 is 0 Å². The molecular formula is C20H17ClF3NO2. The molecule has 0 radical (unpaired) electrons. The number of rotatable bonds is 2. The van der Waals surface area contributed by atoms with Gasteiger partial charge in [0.05, 0.1) is 18.1 Å². The first kappa shape index (κ1) is 18.3. The van der Waals surface area contributed by atoms with Gasteiger partial charge in [0, 0.05) is 10.6 Å². The van der Waals surface area contributed by atoms with Crippen molar-refractivity contribution < 1.29 is 22.7 Å². The molecule has 0 N–H and O–H groups in total. The van der Waals surface area contributed by atoms with Gasteiger partial charge in [-0.1, -0.05) is 46.1 Å². The van der Waals surface area contributed by atoms with E-state index in [1.807, 2.05) is 19.1 Å². The number of halogens is 4. The molecule has 1 saturated heterocycles. The van der Waals surface area contributed by atoms with Gasteiger partial charge < -0.3 is 9.57 Å². The molecule has 0 spiro atoms. The maximum atomic E-state index is 13.2. The molecular weight excluding hydrogens is 379 g/mol. The van der Waals surface area contributed by atoms with Crippen molar-refractivity contribution in [3.05, 3.63) is 69.2 Å². The average Bonchev–Trinajstić information content (AvgIpc) is 3.17. The fourth-order valence-electron chi connectivity index (χ4n) is 3.66. The molecule has 0 aliphatic carbocycles. The van der Waals surface area contributed by atoms with E-state index in [4.69, 9.17) is 21.2 Å². The van der Waals surface area contributed by atoms with Crippen LogP contribution in [0.5, 0.6) is 0 Å².